The first-order valence-corrected chi connectivity index (χ1v) is 8.93. The van der Waals surface area contributed by atoms with E-state index in [1.165, 1.54) is 0 Å². The fourth-order valence-corrected chi connectivity index (χ4v) is 3.28. The van der Waals surface area contributed by atoms with Gasteiger partial charge in [0, 0.05) is 5.39 Å². The molecule has 3 aromatic carbocycles. The van der Waals surface area contributed by atoms with Crippen molar-refractivity contribution in [2.45, 2.75) is 12.5 Å². The molecular formula is C23H20N2O3. The molecule has 0 aliphatic rings. The van der Waals surface area contributed by atoms with Crippen LogP contribution in [0.2, 0.25) is 0 Å². The van der Waals surface area contributed by atoms with Crippen LogP contribution >= 0.6 is 0 Å². The molecule has 0 spiro atoms. The largest absolute Gasteiger partial charge is 0.507 e. The second-order valence-corrected chi connectivity index (χ2v) is 6.73. The Morgan fingerprint density at radius 3 is 2.25 bits per heavy atom. The summed E-state index contributed by atoms with van der Waals surface area (Å²) in [6, 6.07) is 21.7. The summed E-state index contributed by atoms with van der Waals surface area (Å²) in [5, 5.41) is 22.5. The summed E-state index contributed by atoms with van der Waals surface area (Å²) in [5.74, 6) is 1.16. The molecule has 0 saturated heterocycles. The topological polar surface area (TPSA) is 75.5 Å². The highest BCUT2D eigenvalue weighted by molar-refractivity contribution is 5.84. The quantitative estimate of drug-likeness (QED) is 0.560. The van der Waals surface area contributed by atoms with Gasteiger partial charge in [0.2, 0.25) is 0 Å². The van der Waals surface area contributed by atoms with Crippen molar-refractivity contribution in [1.82, 2.24) is 9.97 Å². The van der Waals surface area contributed by atoms with Gasteiger partial charge in [0.05, 0.1) is 23.9 Å². The molecule has 1 aromatic heterocycles. The van der Waals surface area contributed by atoms with Gasteiger partial charge in [-0.3, -0.25) is 0 Å². The van der Waals surface area contributed by atoms with Gasteiger partial charge in [0.25, 0.3) is 0 Å². The fraction of sp³-hybridized carbons (Fsp3) is 0.130. The van der Waals surface area contributed by atoms with Crippen LogP contribution in [0.15, 0.2) is 72.8 Å². The number of benzene rings is 3. The summed E-state index contributed by atoms with van der Waals surface area (Å²) in [4.78, 5) is 9.27. The molecule has 4 aromatic rings. The minimum Gasteiger partial charge on any atom is -0.507 e. The first-order chi connectivity index (χ1) is 13.5. The Morgan fingerprint density at radius 2 is 1.54 bits per heavy atom. The number of methoxy groups -OCH3 is 1. The molecule has 0 saturated carbocycles. The van der Waals surface area contributed by atoms with E-state index in [4.69, 9.17) is 4.74 Å². The summed E-state index contributed by atoms with van der Waals surface area (Å²) in [6.45, 7) is 1.71. The van der Waals surface area contributed by atoms with Crippen molar-refractivity contribution in [3.05, 3.63) is 84.1 Å². The van der Waals surface area contributed by atoms with Crippen LogP contribution < -0.4 is 4.74 Å². The lowest BCUT2D eigenvalue weighted by molar-refractivity contribution is 0.0991. The van der Waals surface area contributed by atoms with Gasteiger partial charge in [0.15, 0.2) is 5.82 Å². The Kier molecular flexibility index (Phi) is 4.45. The number of ether oxygens (including phenoxy) is 1. The van der Waals surface area contributed by atoms with Crippen molar-refractivity contribution in [3.8, 4) is 22.9 Å². The Morgan fingerprint density at radius 1 is 0.857 bits per heavy atom. The Balaban J connectivity index is 1.95. The van der Waals surface area contributed by atoms with Crippen LogP contribution in [0.25, 0.3) is 22.3 Å². The van der Waals surface area contributed by atoms with E-state index in [2.05, 4.69) is 9.97 Å². The molecule has 5 nitrogen and oxygen atoms in total. The van der Waals surface area contributed by atoms with Crippen molar-refractivity contribution in [1.29, 1.82) is 0 Å². The fourth-order valence-electron chi connectivity index (χ4n) is 3.28. The number of hydrogen-bond donors (Lipinski definition) is 2. The number of phenolic OH excluding ortho intramolecular Hbond substituents is 1. The van der Waals surface area contributed by atoms with Crippen LogP contribution in [-0.4, -0.2) is 27.3 Å². The standard InChI is InChI=1S/C23H20N2O3/c1-23(27,15-11-13-16(28-2)14-12-15)21-17-7-3-5-9-19(17)24-22(25-21)18-8-4-6-10-20(18)26/h3-14,26-27H,1-2H3. The number of fused-ring (bicyclic) bond motifs is 1. The highest BCUT2D eigenvalue weighted by Crippen LogP contribution is 2.35. The number of hydrogen-bond acceptors (Lipinski definition) is 5. The zero-order valence-corrected chi connectivity index (χ0v) is 15.6. The Hall–Kier alpha value is -3.44. The predicted octanol–water partition coefficient (Wildman–Crippen LogP) is 4.27. The molecule has 28 heavy (non-hydrogen) atoms. The number of aromatic nitrogens is 2. The van der Waals surface area contributed by atoms with E-state index in [1.54, 1.807) is 44.4 Å². The molecule has 0 amide bonds. The molecule has 4 rings (SSSR count). The lowest BCUT2D eigenvalue weighted by Crippen LogP contribution is -2.25. The van der Waals surface area contributed by atoms with Crippen molar-refractivity contribution in [2.75, 3.05) is 7.11 Å². The summed E-state index contributed by atoms with van der Waals surface area (Å²) in [5.41, 5.74) is 0.995. The molecule has 2 N–H and O–H groups in total. The SMILES string of the molecule is COc1ccc(C(C)(O)c2nc(-c3ccccc3O)nc3ccccc23)cc1. The first-order valence-electron chi connectivity index (χ1n) is 8.93. The summed E-state index contributed by atoms with van der Waals surface area (Å²) >= 11 is 0. The lowest BCUT2D eigenvalue weighted by Gasteiger charge is -2.25. The number of aliphatic hydroxyl groups is 1. The molecule has 0 aliphatic carbocycles. The smallest absolute Gasteiger partial charge is 0.163 e. The van der Waals surface area contributed by atoms with Gasteiger partial charge in [-0.15, -0.1) is 0 Å². The van der Waals surface area contributed by atoms with Gasteiger partial charge in [-0.25, -0.2) is 9.97 Å². The summed E-state index contributed by atoms with van der Waals surface area (Å²) < 4.78 is 5.21. The van der Waals surface area contributed by atoms with Gasteiger partial charge in [-0.2, -0.15) is 0 Å². The summed E-state index contributed by atoms with van der Waals surface area (Å²) in [7, 11) is 1.60. The molecule has 0 fully saturated rings. The maximum absolute atomic E-state index is 11.5. The second-order valence-electron chi connectivity index (χ2n) is 6.73. The molecule has 140 valence electrons. The van der Waals surface area contributed by atoms with Crippen LogP contribution in [0.3, 0.4) is 0 Å². The first kappa shape index (κ1) is 17.9. The molecule has 1 unspecified atom stereocenters. The van der Waals surface area contributed by atoms with Gasteiger partial charge in [-0.05, 0) is 42.8 Å². The van der Waals surface area contributed by atoms with Crippen LogP contribution in [0, 0.1) is 0 Å². The van der Waals surface area contributed by atoms with E-state index in [0.717, 1.165) is 5.39 Å². The van der Waals surface area contributed by atoms with Crippen molar-refractivity contribution in [2.24, 2.45) is 0 Å². The van der Waals surface area contributed by atoms with Crippen molar-refractivity contribution in [3.63, 3.8) is 0 Å². The minimum absolute atomic E-state index is 0.0906. The van der Waals surface area contributed by atoms with Gasteiger partial charge < -0.3 is 14.9 Å². The maximum Gasteiger partial charge on any atom is 0.163 e. The van der Waals surface area contributed by atoms with E-state index in [1.807, 2.05) is 42.5 Å². The van der Waals surface area contributed by atoms with Gasteiger partial charge >= 0.3 is 0 Å². The molecule has 5 heteroatoms. The second kappa shape index (κ2) is 6.94. The third kappa shape index (κ3) is 3.06. The van der Waals surface area contributed by atoms with Crippen molar-refractivity contribution < 1.29 is 14.9 Å². The zero-order chi connectivity index (χ0) is 19.7. The monoisotopic (exact) mass is 372 g/mol. The summed E-state index contributed by atoms with van der Waals surface area (Å²) in [6.07, 6.45) is 0. The van der Waals surface area contributed by atoms with E-state index < -0.39 is 5.60 Å². The Labute approximate surface area is 162 Å². The zero-order valence-electron chi connectivity index (χ0n) is 15.6. The van der Waals surface area contributed by atoms with E-state index in [9.17, 15) is 10.2 Å². The van der Waals surface area contributed by atoms with Gasteiger partial charge in [-0.1, -0.05) is 42.5 Å². The van der Waals surface area contributed by atoms with E-state index >= 15 is 0 Å². The lowest BCUT2D eigenvalue weighted by atomic mass is 9.89. The number of aromatic hydroxyl groups is 1. The number of phenols is 1. The van der Waals surface area contributed by atoms with Crippen LogP contribution in [0.1, 0.15) is 18.2 Å². The van der Waals surface area contributed by atoms with Crippen LogP contribution in [0.5, 0.6) is 11.5 Å². The number of nitrogens with zero attached hydrogens (tertiary/aromatic N) is 2. The van der Waals surface area contributed by atoms with Crippen LogP contribution in [0.4, 0.5) is 0 Å². The molecule has 0 radical (unpaired) electrons. The normalized spacial score (nSPS) is 13.2. The minimum atomic E-state index is -1.37. The highest BCUT2D eigenvalue weighted by atomic mass is 16.5. The number of rotatable bonds is 4. The molecule has 0 aliphatic heterocycles. The van der Waals surface area contributed by atoms with Gasteiger partial charge in [0.1, 0.15) is 17.1 Å². The maximum atomic E-state index is 11.5. The Bertz CT molecular complexity index is 1140. The average Bonchev–Trinajstić information content (AvgIpc) is 2.73. The number of para-hydroxylation sites is 2. The predicted molar refractivity (Wildman–Crippen MR) is 108 cm³/mol. The average molecular weight is 372 g/mol. The molecule has 1 atom stereocenters. The van der Waals surface area contributed by atoms with E-state index in [-0.39, 0.29) is 5.75 Å². The van der Waals surface area contributed by atoms with E-state index in [0.29, 0.717) is 33.9 Å². The molecular weight excluding hydrogens is 352 g/mol. The van der Waals surface area contributed by atoms with Crippen LogP contribution in [-0.2, 0) is 5.60 Å². The molecule has 0 bridgehead atoms. The third-order valence-corrected chi connectivity index (χ3v) is 4.86. The third-order valence-electron chi connectivity index (χ3n) is 4.86. The van der Waals surface area contributed by atoms with Crippen molar-refractivity contribution >= 4 is 10.9 Å². The molecule has 1 heterocycles. The highest BCUT2D eigenvalue weighted by Gasteiger charge is 2.30.